The molecule has 2 aliphatic rings. The van der Waals surface area contributed by atoms with Crippen molar-refractivity contribution in [3.63, 3.8) is 0 Å². The molecule has 0 radical (unpaired) electrons. The number of fused-ring (bicyclic) bond motifs is 1. The number of hydrogen-bond donors (Lipinski definition) is 1. The average Bonchev–Trinajstić information content (AvgIpc) is 3.18. The predicted molar refractivity (Wildman–Crippen MR) is 135 cm³/mol. The summed E-state index contributed by atoms with van der Waals surface area (Å²) in [5, 5.41) is 5.61. The number of carbonyl (C=O) groups is 2. The molecule has 0 spiro atoms. The van der Waals surface area contributed by atoms with E-state index in [2.05, 4.69) is 16.4 Å². The summed E-state index contributed by atoms with van der Waals surface area (Å²) in [5.74, 6) is 0.0220. The first-order valence-corrected chi connectivity index (χ1v) is 11.7. The maximum absolute atomic E-state index is 13.0. The number of rotatable bonds is 6. The molecule has 1 N–H and O–H groups in total. The predicted octanol–water partition coefficient (Wildman–Crippen LogP) is 5.09. The van der Waals surface area contributed by atoms with Gasteiger partial charge in [-0.1, -0.05) is 36.0 Å². The molecule has 2 heterocycles. The Morgan fingerprint density at radius 1 is 1.09 bits per heavy atom. The van der Waals surface area contributed by atoms with Gasteiger partial charge in [-0.05, 0) is 55.5 Å². The highest BCUT2D eigenvalue weighted by Crippen LogP contribution is 2.46. The van der Waals surface area contributed by atoms with Crippen LogP contribution < -0.4 is 10.1 Å². The molecule has 7 nitrogen and oxygen atoms in total. The van der Waals surface area contributed by atoms with Gasteiger partial charge in [0.25, 0.3) is 0 Å². The number of nitrogens with zero attached hydrogens (tertiary/aromatic N) is 2. The van der Waals surface area contributed by atoms with Crippen LogP contribution in [0.25, 0.3) is 0 Å². The van der Waals surface area contributed by atoms with E-state index in [9.17, 15) is 9.59 Å². The monoisotopic (exact) mass is 477 g/mol. The molecule has 2 aromatic carbocycles. The molecule has 4 rings (SSSR count). The van der Waals surface area contributed by atoms with Gasteiger partial charge in [0, 0.05) is 16.9 Å². The van der Waals surface area contributed by atoms with Crippen molar-refractivity contribution < 1.29 is 19.1 Å². The fourth-order valence-corrected chi connectivity index (χ4v) is 5.31. The number of aliphatic imine (C=N–C) groups is 1. The van der Waals surface area contributed by atoms with Crippen LogP contribution in [0, 0.1) is 13.8 Å². The number of esters is 1. The summed E-state index contributed by atoms with van der Waals surface area (Å²) < 4.78 is 10.7. The van der Waals surface area contributed by atoms with Crippen molar-refractivity contribution in [1.29, 1.82) is 0 Å². The third kappa shape index (κ3) is 4.59. The lowest BCUT2D eigenvalue weighted by atomic mass is 9.93. The van der Waals surface area contributed by atoms with Gasteiger partial charge in [0.05, 0.1) is 38.0 Å². The van der Waals surface area contributed by atoms with Gasteiger partial charge < -0.3 is 19.7 Å². The third-order valence-corrected chi connectivity index (χ3v) is 6.58. The van der Waals surface area contributed by atoms with Crippen LogP contribution in [-0.4, -0.2) is 36.2 Å². The molecule has 1 atom stereocenters. The second-order valence-electron chi connectivity index (χ2n) is 8.23. The lowest BCUT2D eigenvalue weighted by Crippen LogP contribution is -2.37. The first kappa shape index (κ1) is 23.6. The summed E-state index contributed by atoms with van der Waals surface area (Å²) in [6.07, 6.45) is 0.123. The van der Waals surface area contributed by atoms with Gasteiger partial charge in [-0.15, -0.1) is 0 Å². The lowest BCUT2D eigenvalue weighted by molar-refractivity contribution is -0.136. The van der Waals surface area contributed by atoms with E-state index in [0.29, 0.717) is 22.2 Å². The number of methoxy groups -OCH3 is 2. The molecule has 2 aliphatic heterocycles. The number of amides is 1. The number of ether oxygens (including phenoxy) is 2. The van der Waals surface area contributed by atoms with Gasteiger partial charge in [-0.3, -0.25) is 4.79 Å². The normalized spacial score (nSPS) is 17.1. The molecule has 0 saturated heterocycles. The van der Waals surface area contributed by atoms with E-state index in [0.717, 1.165) is 28.1 Å². The van der Waals surface area contributed by atoms with Crippen molar-refractivity contribution in [2.45, 2.75) is 33.2 Å². The number of hydrogen-bond acceptors (Lipinski definition) is 7. The smallest absolute Gasteiger partial charge is 0.338 e. The molecular weight excluding hydrogens is 450 g/mol. The Morgan fingerprint density at radius 3 is 2.47 bits per heavy atom. The van der Waals surface area contributed by atoms with Crippen LogP contribution in [0.4, 0.5) is 5.69 Å². The Labute approximate surface area is 203 Å². The molecular formula is C26H27N3O4S. The van der Waals surface area contributed by atoms with E-state index < -0.39 is 12.0 Å². The second kappa shape index (κ2) is 9.77. The quantitative estimate of drug-likeness (QED) is 0.584. The third-order valence-electron chi connectivity index (χ3n) is 5.69. The molecule has 2 aromatic rings. The molecule has 1 amide bonds. The van der Waals surface area contributed by atoms with Crippen molar-refractivity contribution in [1.82, 2.24) is 4.90 Å². The zero-order valence-electron chi connectivity index (χ0n) is 19.8. The Bertz CT molecular complexity index is 1230. The van der Waals surface area contributed by atoms with Crippen LogP contribution in [0.15, 0.2) is 69.8 Å². The number of aryl methyl sites for hydroxylation is 2. The molecule has 8 heteroatoms. The summed E-state index contributed by atoms with van der Waals surface area (Å²) in [6, 6.07) is 12.9. The standard InChI is InChI=1S/C26H27N3O4S/c1-15-10-16(2)12-18(11-15)28-22(30)13-19-14-34-26-27-17(3)23(25(31)33-5)24(29(19)26)20-8-6-7-9-21(20)32-4/h6-12,14,24H,13H2,1-5H3,(H,28,30)/t24-/m0/s1. The zero-order valence-corrected chi connectivity index (χ0v) is 20.7. The van der Waals surface area contributed by atoms with E-state index in [-0.39, 0.29) is 12.3 Å². The number of nitrogens with one attached hydrogen (secondary N) is 1. The molecule has 0 bridgehead atoms. The zero-order chi connectivity index (χ0) is 24.4. The summed E-state index contributed by atoms with van der Waals surface area (Å²) in [6.45, 7) is 5.79. The van der Waals surface area contributed by atoms with Crippen molar-refractivity contribution in [2.24, 2.45) is 4.99 Å². The molecule has 0 aliphatic carbocycles. The minimum atomic E-state index is -0.536. The van der Waals surface area contributed by atoms with Gasteiger partial charge in [0.15, 0.2) is 5.17 Å². The summed E-state index contributed by atoms with van der Waals surface area (Å²) >= 11 is 1.43. The number of para-hydroxylation sites is 1. The SMILES string of the molecule is COC(=O)C1=C(C)N=C2SC=C(CC(=O)Nc3cc(C)cc(C)c3)N2[C@H]1c1ccccc1OC. The Morgan fingerprint density at radius 2 is 1.79 bits per heavy atom. The van der Waals surface area contributed by atoms with Gasteiger partial charge in [-0.25, -0.2) is 9.79 Å². The van der Waals surface area contributed by atoms with Crippen LogP contribution >= 0.6 is 11.8 Å². The highest BCUT2D eigenvalue weighted by Gasteiger charge is 2.42. The van der Waals surface area contributed by atoms with Gasteiger partial charge in [0.1, 0.15) is 5.75 Å². The number of benzene rings is 2. The Kier molecular flexibility index (Phi) is 6.79. The van der Waals surface area contributed by atoms with Crippen LogP contribution in [0.3, 0.4) is 0 Å². The van der Waals surface area contributed by atoms with Gasteiger partial charge in [0.2, 0.25) is 5.91 Å². The fraction of sp³-hybridized carbons (Fsp3) is 0.269. The average molecular weight is 478 g/mol. The first-order chi connectivity index (χ1) is 16.3. The minimum absolute atomic E-state index is 0.123. The minimum Gasteiger partial charge on any atom is -0.496 e. The van der Waals surface area contributed by atoms with Gasteiger partial charge >= 0.3 is 5.97 Å². The van der Waals surface area contributed by atoms with Crippen molar-refractivity contribution >= 4 is 34.5 Å². The molecule has 0 saturated carbocycles. The summed E-state index contributed by atoms with van der Waals surface area (Å²) in [7, 11) is 2.95. The Hall–Kier alpha value is -3.52. The van der Waals surface area contributed by atoms with E-state index in [1.165, 1.54) is 18.9 Å². The van der Waals surface area contributed by atoms with E-state index in [4.69, 9.17) is 9.47 Å². The Balaban J connectivity index is 1.69. The maximum atomic E-state index is 13.0. The number of carbonyl (C=O) groups excluding carboxylic acids is 2. The van der Waals surface area contributed by atoms with E-state index in [1.54, 1.807) is 14.0 Å². The van der Waals surface area contributed by atoms with Gasteiger partial charge in [-0.2, -0.15) is 0 Å². The summed E-state index contributed by atoms with van der Waals surface area (Å²) in [4.78, 5) is 32.5. The number of amidine groups is 1. The lowest BCUT2D eigenvalue weighted by Gasteiger charge is -2.36. The van der Waals surface area contributed by atoms with Crippen LogP contribution in [0.5, 0.6) is 5.75 Å². The van der Waals surface area contributed by atoms with Crippen LogP contribution in [-0.2, 0) is 14.3 Å². The van der Waals surface area contributed by atoms with E-state index in [1.807, 2.05) is 60.6 Å². The molecule has 0 unspecified atom stereocenters. The largest absolute Gasteiger partial charge is 0.496 e. The van der Waals surface area contributed by atoms with Crippen molar-refractivity contribution in [3.05, 3.63) is 81.5 Å². The maximum Gasteiger partial charge on any atom is 0.338 e. The highest BCUT2D eigenvalue weighted by molar-refractivity contribution is 8.16. The molecule has 0 aromatic heterocycles. The molecule has 176 valence electrons. The van der Waals surface area contributed by atoms with Crippen LogP contribution in [0.1, 0.15) is 36.1 Å². The number of anilines is 1. The first-order valence-electron chi connectivity index (χ1n) is 10.9. The molecule has 34 heavy (non-hydrogen) atoms. The fourth-order valence-electron chi connectivity index (χ4n) is 4.34. The van der Waals surface area contributed by atoms with Crippen molar-refractivity contribution in [3.8, 4) is 5.75 Å². The number of thioether (sulfide) groups is 1. The highest BCUT2D eigenvalue weighted by atomic mass is 32.2. The second-order valence-corrected chi connectivity index (χ2v) is 9.06. The summed E-state index contributed by atoms with van der Waals surface area (Å²) in [5.41, 5.74) is 5.45. The van der Waals surface area contributed by atoms with E-state index >= 15 is 0 Å². The van der Waals surface area contributed by atoms with Crippen molar-refractivity contribution in [2.75, 3.05) is 19.5 Å². The van der Waals surface area contributed by atoms with Crippen LogP contribution in [0.2, 0.25) is 0 Å². The molecule has 0 fully saturated rings. The number of allylic oxidation sites excluding steroid dienone is 1. The topological polar surface area (TPSA) is 80.2 Å².